The molecular formula is C14H18FN. The van der Waals surface area contributed by atoms with Crippen molar-refractivity contribution in [3.63, 3.8) is 0 Å². The second-order valence-electron chi connectivity index (χ2n) is 5.20. The number of piperidine rings is 1. The van der Waals surface area contributed by atoms with Gasteiger partial charge in [-0.3, -0.25) is 4.90 Å². The lowest BCUT2D eigenvalue weighted by Gasteiger charge is -2.37. The van der Waals surface area contributed by atoms with Crippen LogP contribution in [0.4, 0.5) is 4.39 Å². The normalized spacial score (nSPS) is 34.2. The van der Waals surface area contributed by atoms with E-state index in [1.54, 1.807) is 12.1 Å². The standard InChI is InChI=1S/C14H18FN/c1-16-12-6-8-13(14(16)9-7-12)10-2-4-11(15)5-3-10/h2-5,12-14H,6-9H2,1H3/t12-,13?,14-/m0/s1. The van der Waals surface area contributed by atoms with E-state index in [2.05, 4.69) is 11.9 Å². The smallest absolute Gasteiger partial charge is 0.123 e. The van der Waals surface area contributed by atoms with Crippen molar-refractivity contribution in [1.82, 2.24) is 4.90 Å². The van der Waals surface area contributed by atoms with Gasteiger partial charge in [-0.25, -0.2) is 4.39 Å². The highest BCUT2D eigenvalue weighted by Crippen LogP contribution is 2.42. The Hall–Kier alpha value is -0.890. The molecule has 1 nitrogen and oxygen atoms in total. The summed E-state index contributed by atoms with van der Waals surface area (Å²) in [5, 5.41) is 0. The number of hydrogen-bond acceptors (Lipinski definition) is 1. The Labute approximate surface area is 96.3 Å². The molecule has 1 aromatic carbocycles. The summed E-state index contributed by atoms with van der Waals surface area (Å²) >= 11 is 0. The van der Waals surface area contributed by atoms with Crippen LogP contribution in [-0.4, -0.2) is 24.0 Å². The van der Waals surface area contributed by atoms with Crippen molar-refractivity contribution < 1.29 is 4.39 Å². The maximum absolute atomic E-state index is 12.9. The third-order valence-corrected chi connectivity index (χ3v) is 4.47. The Bertz CT molecular complexity index is 373. The summed E-state index contributed by atoms with van der Waals surface area (Å²) in [7, 11) is 2.25. The highest BCUT2D eigenvalue weighted by Gasteiger charge is 2.40. The summed E-state index contributed by atoms with van der Waals surface area (Å²) in [6, 6.07) is 8.61. The third-order valence-electron chi connectivity index (χ3n) is 4.47. The molecule has 0 aliphatic carbocycles. The van der Waals surface area contributed by atoms with Gasteiger partial charge in [0, 0.05) is 12.1 Å². The predicted molar refractivity (Wildman–Crippen MR) is 62.9 cm³/mol. The van der Waals surface area contributed by atoms with Gasteiger partial charge in [-0.15, -0.1) is 0 Å². The third kappa shape index (κ3) is 1.56. The van der Waals surface area contributed by atoms with E-state index in [0.717, 1.165) is 6.04 Å². The highest BCUT2D eigenvalue weighted by molar-refractivity contribution is 5.24. The number of rotatable bonds is 1. The van der Waals surface area contributed by atoms with Gasteiger partial charge in [0.15, 0.2) is 0 Å². The Morgan fingerprint density at radius 2 is 1.75 bits per heavy atom. The number of halogens is 1. The summed E-state index contributed by atoms with van der Waals surface area (Å²) in [6.45, 7) is 0. The fourth-order valence-corrected chi connectivity index (χ4v) is 3.54. The van der Waals surface area contributed by atoms with E-state index >= 15 is 0 Å². The van der Waals surface area contributed by atoms with Gasteiger partial charge in [-0.05, 0) is 56.3 Å². The van der Waals surface area contributed by atoms with Crippen LogP contribution >= 0.6 is 0 Å². The molecule has 2 heteroatoms. The average Bonchev–Trinajstić information content (AvgIpc) is 2.52. The molecule has 3 atom stereocenters. The summed E-state index contributed by atoms with van der Waals surface area (Å²) in [5.74, 6) is 0.488. The van der Waals surface area contributed by atoms with Gasteiger partial charge in [0.25, 0.3) is 0 Å². The van der Waals surface area contributed by atoms with Gasteiger partial charge in [0.1, 0.15) is 5.82 Å². The number of fused-ring (bicyclic) bond motifs is 2. The zero-order valence-corrected chi connectivity index (χ0v) is 9.70. The van der Waals surface area contributed by atoms with Crippen LogP contribution in [0.2, 0.25) is 0 Å². The molecule has 2 aliphatic rings. The van der Waals surface area contributed by atoms with E-state index in [-0.39, 0.29) is 5.82 Å². The van der Waals surface area contributed by atoms with Crippen LogP contribution in [0.3, 0.4) is 0 Å². The minimum Gasteiger partial charge on any atom is -0.300 e. The Kier molecular flexibility index (Phi) is 2.47. The van der Waals surface area contributed by atoms with E-state index in [0.29, 0.717) is 12.0 Å². The summed E-state index contributed by atoms with van der Waals surface area (Å²) in [5.41, 5.74) is 1.32. The maximum Gasteiger partial charge on any atom is 0.123 e. The summed E-state index contributed by atoms with van der Waals surface area (Å²) in [6.07, 6.45) is 5.22. The number of hydrogen-bond donors (Lipinski definition) is 0. The Morgan fingerprint density at radius 3 is 2.50 bits per heavy atom. The molecule has 86 valence electrons. The fourth-order valence-electron chi connectivity index (χ4n) is 3.54. The fraction of sp³-hybridized carbons (Fsp3) is 0.571. The van der Waals surface area contributed by atoms with Crippen LogP contribution in [0.15, 0.2) is 24.3 Å². The molecule has 16 heavy (non-hydrogen) atoms. The first-order valence-corrected chi connectivity index (χ1v) is 6.23. The Balaban J connectivity index is 1.87. The summed E-state index contributed by atoms with van der Waals surface area (Å²) < 4.78 is 12.9. The topological polar surface area (TPSA) is 3.24 Å². The van der Waals surface area contributed by atoms with Gasteiger partial charge in [-0.2, -0.15) is 0 Å². The zero-order chi connectivity index (χ0) is 11.1. The first kappa shape index (κ1) is 10.3. The molecule has 2 saturated heterocycles. The van der Waals surface area contributed by atoms with Gasteiger partial charge in [-0.1, -0.05) is 12.1 Å². The number of benzene rings is 1. The minimum absolute atomic E-state index is 0.128. The molecule has 0 saturated carbocycles. The largest absolute Gasteiger partial charge is 0.300 e. The van der Waals surface area contributed by atoms with Crippen LogP contribution < -0.4 is 0 Å². The van der Waals surface area contributed by atoms with Crippen LogP contribution in [0.1, 0.15) is 37.2 Å². The first-order valence-electron chi connectivity index (χ1n) is 6.23. The lowest BCUT2D eigenvalue weighted by Crippen LogP contribution is -2.40. The van der Waals surface area contributed by atoms with E-state index in [9.17, 15) is 4.39 Å². The molecule has 0 aromatic heterocycles. The van der Waals surface area contributed by atoms with E-state index in [1.165, 1.54) is 31.2 Å². The van der Waals surface area contributed by atoms with Crippen molar-refractivity contribution in [2.45, 2.75) is 43.7 Å². The average molecular weight is 219 g/mol. The zero-order valence-electron chi connectivity index (χ0n) is 9.70. The minimum atomic E-state index is -0.128. The monoisotopic (exact) mass is 219 g/mol. The van der Waals surface area contributed by atoms with E-state index < -0.39 is 0 Å². The van der Waals surface area contributed by atoms with Crippen LogP contribution in [0.25, 0.3) is 0 Å². The van der Waals surface area contributed by atoms with Crippen molar-refractivity contribution >= 4 is 0 Å². The van der Waals surface area contributed by atoms with Gasteiger partial charge < -0.3 is 0 Å². The molecule has 1 aromatic rings. The Morgan fingerprint density at radius 1 is 1.06 bits per heavy atom. The molecule has 0 radical (unpaired) electrons. The van der Waals surface area contributed by atoms with Crippen molar-refractivity contribution in [3.8, 4) is 0 Å². The van der Waals surface area contributed by atoms with Crippen LogP contribution in [0.5, 0.6) is 0 Å². The lowest BCUT2D eigenvalue weighted by molar-refractivity contribution is 0.156. The van der Waals surface area contributed by atoms with Gasteiger partial charge >= 0.3 is 0 Å². The highest BCUT2D eigenvalue weighted by atomic mass is 19.1. The quantitative estimate of drug-likeness (QED) is 0.701. The predicted octanol–water partition coefficient (Wildman–Crippen LogP) is 3.17. The SMILES string of the molecule is CN1[C@H]2CCC(c3ccc(F)cc3)[C@@H]1CC2. The molecule has 2 fully saturated rings. The van der Waals surface area contributed by atoms with E-state index in [1.807, 2.05) is 12.1 Å². The molecule has 0 N–H and O–H groups in total. The van der Waals surface area contributed by atoms with Crippen LogP contribution in [-0.2, 0) is 0 Å². The maximum atomic E-state index is 12.9. The first-order chi connectivity index (χ1) is 7.75. The molecule has 2 aliphatic heterocycles. The van der Waals surface area contributed by atoms with Crippen LogP contribution in [0, 0.1) is 5.82 Å². The van der Waals surface area contributed by atoms with Crippen molar-refractivity contribution in [3.05, 3.63) is 35.6 Å². The molecule has 3 rings (SSSR count). The summed E-state index contributed by atoms with van der Waals surface area (Å²) in [4.78, 5) is 2.54. The number of likely N-dealkylation sites (N-methyl/N-ethyl adjacent to an activating group) is 1. The van der Waals surface area contributed by atoms with E-state index in [4.69, 9.17) is 0 Å². The molecule has 1 unspecified atom stereocenters. The molecule has 0 spiro atoms. The van der Waals surface area contributed by atoms with Gasteiger partial charge in [0.2, 0.25) is 0 Å². The van der Waals surface area contributed by atoms with Gasteiger partial charge in [0.05, 0.1) is 0 Å². The van der Waals surface area contributed by atoms with Crippen molar-refractivity contribution in [2.75, 3.05) is 7.05 Å². The molecular weight excluding hydrogens is 201 g/mol. The second kappa shape index (κ2) is 3.85. The molecule has 0 amide bonds. The lowest BCUT2D eigenvalue weighted by atomic mass is 9.85. The molecule has 2 heterocycles. The van der Waals surface area contributed by atoms with Crippen molar-refractivity contribution in [1.29, 1.82) is 0 Å². The van der Waals surface area contributed by atoms with Crippen molar-refractivity contribution in [2.24, 2.45) is 0 Å². The number of nitrogens with zero attached hydrogens (tertiary/aromatic N) is 1. The second-order valence-corrected chi connectivity index (χ2v) is 5.20. The molecule has 2 bridgehead atoms.